The SMILES string of the molecule is [C-]#[N+]C(C)(CCC(=O)CCCOCCOCC(=O)CCCOCCOCC(=O)CCCCCCO[C@@H]1O[C@H](OC(C)=O)[C@H](OC(C)=O)[C@H](OC(C)=O)[C@H]1NC(C)=O)C(C)C. The van der Waals surface area contributed by atoms with Crippen LogP contribution in [0.5, 0.6) is 0 Å². The van der Waals surface area contributed by atoms with Crippen LogP contribution in [0.2, 0.25) is 0 Å². The highest BCUT2D eigenvalue weighted by Gasteiger charge is 2.52. The predicted molar refractivity (Wildman–Crippen MR) is 214 cm³/mol. The molecule has 342 valence electrons. The summed E-state index contributed by atoms with van der Waals surface area (Å²) in [5, 5.41) is 2.61. The molecule has 0 bridgehead atoms. The fourth-order valence-corrected chi connectivity index (χ4v) is 5.91. The Morgan fingerprint density at radius 2 is 1.10 bits per heavy atom. The Morgan fingerprint density at radius 3 is 1.62 bits per heavy atom. The van der Waals surface area contributed by atoms with E-state index >= 15 is 0 Å². The zero-order valence-corrected chi connectivity index (χ0v) is 36.6. The first-order valence-electron chi connectivity index (χ1n) is 20.8. The van der Waals surface area contributed by atoms with E-state index in [0.717, 1.165) is 27.2 Å². The molecule has 0 saturated carbocycles. The second kappa shape index (κ2) is 31.1. The molecule has 60 heavy (non-hydrogen) atoms. The van der Waals surface area contributed by atoms with Gasteiger partial charge in [0.2, 0.25) is 23.8 Å². The fourth-order valence-electron chi connectivity index (χ4n) is 5.91. The monoisotopic (exact) mass is 856 g/mol. The van der Waals surface area contributed by atoms with Gasteiger partial charge in [-0.3, -0.25) is 33.6 Å². The van der Waals surface area contributed by atoms with Crippen molar-refractivity contribution in [3.8, 4) is 0 Å². The molecule has 18 nitrogen and oxygen atoms in total. The van der Waals surface area contributed by atoms with Crippen LogP contribution in [-0.2, 0) is 76.2 Å². The molecule has 6 atom stereocenters. The van der Waals surface area contributed by atoms with E-state index < -0.39 is 60.2 Å². The topological polar surface area (TPSA) is 219 Å². The number of hydrogen-bond acceptors (Lipinski definition) is 16. The molecule has 18 heteroatoms. The first-order valence-corrected chi connectivity index (χ1v) is 20.8. The van der Waals surface area contributed by atoms with Crippen LogP contribution in [0.1, 0.15) is 119 Å². The summed E-state index contributed by atoms with van der Waals surface area (Å²) >= 11 is 0. The largest absolute Gasteiger partial charge is 0.456 e. The third-order valence-electron chi connectivity index (χ3n) is 9.56. The first kappa shape index (κ1) is 54.2. The van der Waals surface area contributed by atoms with E-state index in [0.29, 0.717) is 90.6 Å². The summed E-state index contributed by atoms with van der Waals surface area (Å²) in [7, 11) is 0. The Bertz CT molecular complexity index is 1380. The minimum absolute atomic E-state index is 0.00827. The normalized spacial score (nSPS) is 19.8. The van der Waals surface area contributed by atoms with E-state index in [2.05, 4.69) is 10.2 Å². The van der Waals surface area contributed by atoms with Crippen molar-refractivity contribution >= 4 is 41.2 Å². The lowest BCUT2D eigenvalue weighted by Crippen LogP contribution is -2.66. The van der Waals surface area contributed by atoms with E-state index in [-0.39, 0.29) is 56.3 Å². The molecule has 1 amide bonds. The van der Waals surface area contributed by atoms with E-state index in [1.807, 2.05) is 20.8 Å². The van der Waals surface area contributed by atoms with Crippen LogP contribution in [0.15, 0.2) is 0 Å². The van der Waals surface area contributed by atoms with Crippen LogP contribution in [-0.4, -0.2) is 137 Å². The van der Waals surface area contributed by atoms with Gasteiger partial charge in [0, 0.05) is 92.5 Å². The third-order valence-corrected chi connectivity index (χ3v) is 9.56. The van der Waals surface area contributed by atoms with E-state index in [9.17, 15) is 33.6 Å². The minimum atomic E-state index is -1.47. The number of rotatable bonds is 34. The number of carbonyl (C=O) groups excluding carboxylic acids is 7. The Morgan fingerprint density at radius 1 is 0.600 bits per heavy atom. The molecule has 0 radical (unpaired) electrons. The van der Waals surface area contributed by atoms with Crippen molar-refractivity contribution in [2.45, 2.75) is 155 Å². The number of ketones is 3. The van der Waals surface area contributed by atoms with E-state index in [1.165, 1.54) is 6.92 Å². The second-order valence-electron chi connectivity index (χ2n) is 15.2. The Balaban J connectivity index is 2.14. The Hall–Kier alpha value is -3.86. The molecule has 0 spiro atoms. The third kappa shape index (κ3) is 24.4. The zero-order valence-electron chi connectivity index (χ0n) is 36.6. The molecule has 0 aromatic carbocycles. The van der Waals surface area contributed by atoms with Gasteiger partial charge >= 0.3 is 17.9 Å². The molecular weight excluding hydrogens is 788 g/mol. The summed E-state index contributed by atoms with van der Waals surface area (Å²) in [5.41, 5.74) is -0.509. The van der Waals surface area contributed by atoms with Crippen molar-refractivity contribution < 1.29 is 76.2 Å². The summed E-state index contributed by atoms with van der Waals surface area (Å²) < 4.78 is 49.3. The lowest BCUT2D eigenvalue weighted by molar-refractivity contribution is -0.321. The van der Waals surface area contributed by atoms with Crippen molar-refractivity contribution in [2.24, 2.45) is 5.92 Å². The molecule has 1 N–H and O–H groups in total. The average molecular weight is 857 g/mol. The van der Waals surface area contributed by atoms with Crippen molar-refractivity contribution in [3.05, 3.63) is 11.4 Å². The highest BCUT2D eigenvalue weighted by molar-refractivity contribution is 5.80. The van der Waals surface area contributed by atoms with Gasteiger partial charge in [0.15, 0.2) is 24.0 Å². The van der Waals surface area contributed by atoms with Gasteiger partial charge in [0.1, 0.15) is 25.0 Å². The van der Waals surface area contributed by atoms with Crippen molar-refractivity contribution in [1.82, 2.24) is 5.32 Å². The summed E-state index contributed by atoms with van der Waals surface area (Å²) in [6.07, 6.45) is 0.469. The van der Waals surface area contributed by atoms with Crippen LogP contribution in [0.3, 0.4) is 0 Å². The zero-order chi connectivity index (χ0) is 44.9. The number of nitrogens with one attached hydrogen (secondary N) is 1. The van der Waals surface area contributed by atoms with Crippen molar-refractivity contribution in [1.29, 1.82) is 0 Å². The van der Waals surface area contributed by atoms with Gasteiger partial charge in [-0.1, -0.05) is 26.7 Å². The van der Waals surface area contributed by atoms with Crippen LogP contribution in [0.4, 0.5) is 0 Å². The maximum Gasteiger partial charge on any atom is 0.305 e. The summed E-state index contributed by atoms with van der Waals surface area (Å²) in [6.45, 7) is 20.0. The lowest BCUT2D eigenvalue weighted by atomic mass is 9.84. The van der Waals surface area contributed by atoms with Gasteiger partial charge in [0.25, 0.3) is 0 Å². The molecule has 0 aromatic heterocycles. The van der Waals surface area contributed by atoms with E-state index in [4.69, 9.17) is 49.2 Å². The lowest BCUT2D eigenvalue weighted by Gasteiger charge is -2.44. The molecule has 1 fully saturated rings. The van der Waals surface area contributed by atoms with Gasteiger partial charge in [-0.15, -0.1) is 0 Å². The fraction of sp³-hybridized carbons (Fsp3) is 0.810. The highest BCUT2D eigenvalue weighted by atomic mass is 16.8. The summed E-state index contributed by atoms with van der Waals surface area (Å²) in [5.74, 6) is -2.48. The molecule has 0 aliphatic carbocycles. The van der Waals surface area contributed by atoms with Gasteiger partial charge in [-0.25, -0.2) is 6.57 Å². The molecule has 0 aromatic rings. The minimum Gasteiger partial charge on any atom is -0.456 e. The van der Waals surface area contributed by atoms with Crippen LogP contribution >= 0.6 is 0 Å². The van der Waals surface area contributed by atoms with Gasteiger partial charge in [0.05, 0.1) is 26.4 Å². The highest BCUT2D eigenvalue weighted by Crippen LogP contribution is 2.29. The molecule has 1 aliphatic heterocycles. The number of amides is 1. The standard InChI is InChI=1S/C42H68N2O16/c1-29(2)42(7,43-8)19-18-34(49)16-13-20-52-23-26-55-28-36(51)17-14-21-53-24-25-54-27-35(50)15-11-9-10-12-22-56-40-37(44-30(3)45)38(57-31(4)46)39(58-32(5)47)41(60-40)59-33(6)48/h29,37-41H,9-28H2,1-7H3,(H,44,45)/t37-,38-,39-,40-,41+,42?/m1/s1. The van der Waals surface area contributed by atoms with Gasteiger partial charge in [-0.05, 0) is 25.7 Å². The summed E-state index contributed by atoms with van der Waals surface area (Å²) in [6, 6.07) is -1.09. The molecule has 1 aliphatic rings. The average Bonchev–Trinajstić information content (AvgIpc) is 3.17. The molecular formula is C42H68N2O16. The van der Waals surface area contributed by atoms with Crippen LogP contribution in [0, 0.1) is 12.5 Å². The first-order chi connectivity index (χ1) is 28.5. The molecule has 1 unspecified atom stereocenters. The molecule has 1 rings (SSSR count). The number of carbonyl (C=O) groups is 7. The number of unbranched alkanes of at least 4 members (excludes halogenated alkanes) is 3. The smallest absolute Gasteiger partial charge is 0.305 e. The van der Waals surface area contributed by atoms with E-state index in [1.54, 1.807) is 0 Å². The Labute approximate surface area is 354 Å². The number of hydrogen-bond donors (Lipinski definition) is 1. The molecule has 1 saturated heterocycles. The number of Topliss-reactive ketones (excluding diaryl/α,β-unsaturated/α-hetero) is 3. The van der Waals surface area contributed by atoms with Crippen molar-refractivity contribution in [2.75, 3.05) is 59.5 Å². The van der Waals surface area contributed by atoms with Crippen LogP contribution in [0.25, 0.3) is 4.85 Å². The predicted octanol–water partition coefficient (Wildman–Crippen LogP) is 4.02. The van der Waals surface area contributed by atoms with Gasteiger partial charge < -0.3 is 52.8 Å². The maximum absolute atomic E-state index is 12.2. The Kier molecular flexibility index (Phi) is 28.0. The molecule has 1 heterocycles. The maximum atomic E-state index is 12.2. The summed E-state index contributed by atoms with van der Waals surface area (Å²) in [4.78, 5) is 87.6. The second-order valence-corrected chi connectivity index (χ2v) is 15.2. The van der Waals surface area contributed by atoms with Crippen molar-refractivity contribution in [3.63, 3.8) is 0 Å². The quantitative estimate of drug-likeness (QED) is 0.0418. The number of ether oxygens (including phenoxy) is 9. The number of esters is 3. The number of nitrogens with zero attached hydrogens (tertiary/aromatic N) is 1. The van der Waals surface area contributed by atoms with Gasteiger partial charge in [-0.2, -0.15) is 0 Å². The van der Waals surface area contributed by atoms with Crippen LogP contribution < -0.4 is 5.32 Å².